The van der Waals surface area contributed by atoms with Gasteiger partial charge in [0, 0.05) is 12.6 Å². The first-order valence-electron chi connectivity index (χ1n) is 7.70. The van der Waals surface area contributed by atoms with Crippen LogP contribution >= 0.6 is 0 Å². The van der Waals surface area contributed by atoms with E-state index in [1.165, 1.54) is 31.2 Å². The number of nitrogens with two attached hydrogens (primary N) is 1. The second kappa shape index (κ2) is 6.46. The Labute approximate surface area is 120 Å². The average molecular weight is 276 g/mol. The summed E-state index contributed by atoms with van der Waals surface area (Å²) in [6.45, 7) is 2.90. The minimum Gasteiger partial charge on any atom is -0.486 e. The second-order valence-corrected chi connectivity index (χ2v) is 5.73. The molecule has 110 valence electrons. The highest BCUT2D eigenvalue weighted by atomic mass is 16.6. The highest BCUT2D eigenvalue weighted by Crippen LogP contribution is 2.33. The molecule has 1 heterocycles. The van der Waals surface area contributed by atoms with Crippen molar-refractivity contribution in [3.8, 4) is 11.5 Å². The predicted molar refractivity (Wildman–Crippen MR) is 79.2 cm³/mol. The molecule has 1 aromatic carbocycles. The molecule has 4 nitrogen and oxygen atoms in total. The van der Waals surface area contributed by atoms with Gasteiger partial charge in [-0.15, -0.1) is 0 Å². The third kappa shape index (κ3) is 3.07. The summed E-state index contributed by atoms with van der Waals surface area (Å²) in [7, 11) is 0. The molecule has 0 radical (unpaired) electrons. The minimum atomic E-state index is 0.200. The van der Waals surface area contributed by atoms with Gasteiger partial charge in [-0.1, -0.05) is 25.3 Å². The van der Waals surface area contributed by atoms with Crippen LogP contribution in [0.4, 0.5) is 0 Å². The van der Waals surface area contributed by atoms with Gasteiger partial charge in [-0.05, 0) is 36.6 Å². The van der Waals surface area contributed by atoms with Crippen LogP contribution in [0.25, 0.3) is 0 Å². The van der Waals surface area contributed by atoms with Gasteiger partial charge < -0.3 is 20.5 Å². The molecule has 1 aromatic rings. The zero-order valence-electron chi connectivity index (χ0n) is 11.9. The second-order valence-electron chi connectivity index (χ2n) is 5.73. The molecule has 3 rings (SSSR count). The zero-order valence-corrected chi connectivity index (χ0v) is 11.9. The van der Waals surface area contributed by atoms with Crippen molar-refractivity contribution in [1.29, 1.82) is 0 Å². The molecule has 1 aliphatic heterocycles. The summed E-state index contributed by atoms with van der Waals surface area (Å²) in [6, 6.07) is 6.33. The Hall–Kier alpha value is -1.26. The molecule has 0 bridgehead atoms. The first-order chi connectivity index (χ1) is 9.86. The third-order valence-electron chi connectivity index (χ3n) is 4.37. The first kappa shape index (κ1) is 13.7. The van der Waals surface area contributed by atoms with Gasteiger partial charge in [-0.3, -0.25) is 0 Å². The third-order valence-corrected chi connectivity index (χ3v) is 4.37. The summed E-state index contributed by atoms with van der Waals surface area (Å²) in [4.78, 5) is 0. The van der Waals surface area contributed by atoms with E-state index >= 15 is 0 Å². The van der Waals surface area contributed by atoms with E-state index in [-0.39, 0.29) is 6.04 Å². The summed E-state index contributed by atoms with van der Waals surface area (Å²) >= 11 is 0. The van der Waals surface area contributed by atoms with Crippen LogP contribution < -0.4 is 20.5 Å². The molecule has 0 amide bonds. The maximum absolute atomic E-state index is 5.91. The Bertz CT molecular complexity index is 446. The maximum atomic E-state index is 5.91. The molecular weight excluding hydrogens is 252 g/mol. The lowest BCUT2D eigenvalue weighted by Gasteiger charge is -2.27. The molecule has 0 aromatic heterocycles. The fraction of sp³-hybridized carbons (Fsp3) is 0.625. The highest BCUT2D eigenvalue weighted by molar-refractivity contribution is 5.44. The molecular formula is C16H24N2O2. The van der Waals surface area contributed by atoms with E-state index in [1.54, 1.807) is 0 Å². The number of hydrogen-bond acceptors (Lipinski definition) is 4. The number of hydrogen-bond donors (Lipinski definition) is 2. The molecule has 20 heavy (non-hydrogen) atoms. The molecule has 0 saturated heterocycles. The topological polar surface area (TPSA) is 56.5 Å². The molecule has 2 aliphatic rings. The Morgan fingerprint density at radius 1 is 1.20 bits per heavy atom. The van der Waals surface area contributed by atoms with Crippen molar-refractivity contribution < 1.29 is 9.47 Å². The monoisotopic (exact) mass is 276 g/mol. The molecule has 3 N–H and O–H groups in total. The van der Waals surface area contributed by atoms with E-state index in [9.17, 15) is 0 Å². The van der Waals surface area contributed by atoms with Crippen molar-refractivity contribution in [3.63, 3.8) is 0 Å². The number of ether oxygens (including phenoxy) is 2. The number of nitrogens with one attached hydrogen (secondary N) is 1. The molecule has 0 spiro atoms. The quantitative estimate of drug-likeness (QED) is 0.836. The summed E-state index contributed by atoms with van der Waals surface area (Å²) in [6.07, 6.45) is 5.48. The van der Waals surface area contributed by atoms with E-state index in [1.807, 2.05) is 6.07 Å². The maximum Gasteiger partial charge on any atom is 0.161 e. The molecule has 1 unspecified atom stereocenters. The van der Waals surface area contributed by atoms with Crippen LogP contribution in [-0.2, 0) is 0 Å². The van der Waals surface area contributed by atoms with Gasteiger partial charge in [-0.2, -0.15) is 0 Å². The van der Waals surface area contributed by atoms with Crippen molar-refractivity contribution in [3.05, 3.63) is 23.8 Å². The van der Waals surface area contributed by atoms with Crippen LogP contribution in [0, 0.1) is 5.92 Å². The van der Waals surface area contributed by atoms with Crippen molar-refractivity contribution in [2.75, 3.05) is 26.3 Å². The largest absolute Gasteiger partial charge is 0.486 e. The van der Waals surface area contributed by atoms with Gasteiger partial charge in [0.2, 0.25) is 0 Å². The van der Waals surface area contributed by atoms with Gasteiger partial charge in [0.15, 0.2) is 11.5 Å². The van der Waals surface area contributed by atoms with Crippen molar-refractivity contribution in [1.82, 2.24) is 5.32 Å². The normalized spacial score (nSPS) is 19.4. The van der Waals surface area contributed by atoms with Crippen molar-refractivity contribution in [2.45, 2.75) is 31.7 Å². The van der Waals surface area contributed by atoms with E-state index in [2.05, 4.69) is 17.4 Å². The van der Waals surface area contributed by atoms with Crippen LogP contribution in [0.2, 0.25) is 0 Å². The Kier molecular flexibility index (Phi) is 4.43. The summed E-state index contributed by atoms with van der Waals surface area (Å²) < 4.78 is 11.2. The number of rotatable bonds is 6. The lowest BCUT2D eigenvalue weighted by atomic mass is 9.83. The summed E-state index contributed by atoms with van der Waals surface area (Å²) in [5, 5.41) is 3.57. The van der Waals surface area contributed by atoms with Gasteiger partial charge in [-0.25, -0.2) is 0 Å². The lowest BCUT2D eigenvalue weighted by Crippen LogP contribution is -2.30. The van der Waals surface area contributed by atoms with Crippen LogP contribution in [-0.4, -0.2) is 26.3 Å². The number of benzene rings is 1. The summed E-state index contributed by atoms with van der Waals surface area (Å²) in [5.74, 6) is 2.61. The Morgan fingerprint density at radius 2 is 2.00 bits per heavy atom. The number of fused-ring (bicyclic) bond motifs is 1. The highest BCUT2D eigenvalue weighted by Gasteiger charge is 2.19. The van der Waals surface area contributed by atoms with Crippen molar-refractivity contribution >= 4 is 0 Å². The van der Waals surface area contributed by atoms with Gasteiger partial charge >= 0.3 is 0 Å². The van der Waals surface area contributed by atoms with E-state index in [0.717, 1.165) is 24.0 Å². The van der Waals surface area contributed by atoms with Crippen molar-refractivity contribution in [2.24, 2.45) is 11.7 Å². The van der Waals surface area contributed by atoms with E-state index in [4.69, 9.17) is 15.2 Å². The predicted octanol–water partition coefficient (Wildman–Crippen LogP) is 2.24. The van der Waals surface area contributed by atoms with E-state index in [0.29, 0.717) is 19.8 Å². The molecule has 1 fully saturated rings. The molecule has 4 heteroatoms. The van der Waals surface area contributed by atoms with Crippen LogP contribution in [0.3, 0.4) is 0 Å². The summed E-state index contributed by atoms with van der Waals surface area (Å²) in [5.41, 5.74) is 7.10. The fourth-order valence-corrected chi connectivity index (χ4v) is 2.86. The molecule has 1 aliphatic carbocycles. The van der Waals surface area contributed by atoms with Crippen LogP contribution in [0.5, 0.6) is 11.5 Å². The smallest absolute Gasteiger partial charge is 0.161 e. The molecule has 1 atom stereocenters. The first-order valence-corrected chi connectivity index (χ1v) is 7.70. The minimum absolute atomic E-state index is 0.200. The molecule has 1 saturated carbocycles. The van der Waals surface area contributed by atoms with Gasteiger partial charge in [0.05, 0.1) is 0 Å². The zero-order chi connectivity index (χ0) is 13.8. The SMILES string of the molecule is NCC(NCCC1CCC1)c1ccc2c(c1)OCCO2. The standard InChI is InChI=1S/C16H24N2O2/c17-11-14(18-7-6-12-2-1-3-12)13-4-5-15-16(10-13)20-9-8-19-15/h4-5,10,12,14,18H,1-3,6-9,11,17H2. The van der Waals surface area contributed by atoms with Gasteiger partial charge in [0.1, 0.15) is 13.2 Å². The lowest BCUT2D eigenvalue weighted by molar-refractivity contribution is 0.171. The Morgan fingerprint density at radius 3 is 2.70 bits per heavy atom. The van der Waals surface area contributed by atoms with Crippen LogP contribution in [0.1, 0.15) is 37.3 Å². The fourth-order valence-electron chi connectivity index (χ4n) is 2.86. The average Bonchev–Trinajstić information content (AvgIpc) is 2.45. The van der Waals surface area contributed by atoms with Gasteiger partial charge in [0.25, 0.3) is 0 Å². The Balaban J connectivity index is 1.59. The van der Waals surface area contributed by atoms with E-state index < -0.39 is 0 Å². The van der Waals surface area contributed by atoms with Crippen LogP contribution in [0.15, 0.2) is 18.2 Å².